The van der Waals surface area contributed by atoms with Gasteiger partial charge in [0.15, 0.2) is 0 Å². The van der Waals surface area contributed by atoms with Crippen molar-refractivity contribution < 1.29 is 9.90 Å². The van der Waals surface area contributed by atoms with Crippen LogP contribution in [0.1, 0.15) is 30.6 Å². The van der Waals surface area contributed by atoms with E-state index in [4.69, 9.17) is 10.8 Å². The third-order valence-corrected chi connectivity index (χ3v) is 3.37. The quantitative estimate of drug-likeness (QED) is 0.881. The minimum absolute atomic E-state index is 0.120. The molecule has 1 aromatic heterocycles. The Labute approximate surface area is 122 Å². The highest BCUT2D eigenvalue weighted by atomic mass is 16.4. The molecule has 2 aromatic rings. The average Bonchev–Trinajstić information content (AvgIpc) is 2.43. The van der Waals surface area contributed by atoms with Crippen molar-refractivity contribution in [1.82, 2.24) is 4.57 Å². The highest BCUT2D eigenvalue weighted by Crippen LogP contribution is 2.16. The molecule has 1 heterocycles. The van der Waals surface area contributed by atoms with Gasteiger partial charge >= 0.3 is 5.97 Å². The van der Waals surface area contributed by atoms with E-state index in [-0.39, 0.29) is 17.7 Å². The van der Waals surface area contributed by atoms with Crippen LogP contribution in [0.3, 0.4) is 0 Å². The van der Waals surface area contributed by atoms with Gasteiger partial charge < -0.3 is 15.4 Å². The molecule has 1 aromatic carbocycles. The Bertz CT molecular complexity index is 692. The number of nitrogens with zero attached hydrogens (tertiary/aromatic N) is 1. The molecule has 110 valence electrons. The summed E-state index contributed by atoms with van der Waals surface area (Å²) in [7, 11) is 0. The second-order valence-corrected chi connectivity index (χ2v) is 5.06. The van der Waals surface area contributed by atoms with Gasteiger partial charge in [-0.1, -0.05) is 30.3 Å². The first-order valence-electron chi connectivity index (χ1n) is 6.74. The van der Waals surface area contributed by atoms with Gasteiger partial charge in [0.2, 0.25) is 0 Å². The van der Waals surface area contributed by atoms with Crippen LogP contribution >= 0.6 is 0 Å². The number of carbonyl (C=O) groups is 1. The molecule has 0 bridgehead atoms. The van der Waals surface area contributed by atoms with Crippen molar-refractivity contribution in [3.05, 3.63) is 64.1 Å². The first kappa shape index (κ1) is 14.8. The molecule has 0 saturated carbocycles. The van der Waals surface area contributed by atoms with Crippen LogP contribution in [0.15, 0.2) is 47.3 Å². The van der Waals surface area contributed by atoms with Crippen LogP contribution < -0.4 is 11.3 Å². The lowest BCUT2D eigenvalue weighted by atomic mass is 10.1. The number of hydrogen-bond acceptors (Lipinski definition) is 3. The molecule has 0 aliphatic rings. The summed E-state index contributed by atoms with van der Waals surface area (Å²) in [5.74, 6) is -0.942. The monoisotopic (exact) mass is 286 g/mol. The number of pyridine rings is 1. The Kier molecular flexibility index (Phi) is 4.42. The average molecular weight is 286 g/mol. The molecule has 5 nitrogen and oxygen atoms in total. The standard InChI is InChI=1S/C16H18N2O3/c1-11(9-15(19)20)18-13(7-8-14(17)16(18)21)10-12-5-3-2-4-6-12/h2-8,11H,9-10,17H2,1H3,(H,19,20)/t11-/m0/s1. The number of anilines is 1. The summed E-state index contributed by atoms with van der Waals surface area (Å²) in [6, 6.07) is 12.6. The first-order chi connectivity index (χ1) is 9.99. The van der Waals surface area contributed by atoms with Gasteiger partial charge in [0.25, 0.3) is 5.56 Å². The van der Waals surface area contributed by atoms with Crippen LogP contribution in [0.2, 0.25) is 0 Å². The molecule has 0 saturated heterocycles. The van der Waals surface area contributed by atoms with Gasteiger partial charge in [0.05, 0.1) is 12.1 Å². The van der Waals surface area contributed by atoms with E-state index in [2.05, 4.69) is 0 Å². The van der Waals surface area contributed by atoms with Gasteiger partial charge in [-0.05, 0) is 24.6 Å². The van der Waals surface area contributed by atoms with Crippen molar-refractivity contribution in [2.24, 2.45) is 0 Å². The number of aromatic nitrogens is 1. The fraction of sp³-hybridized carbons (Fsp3) is 0.250. The summed E-state index contributed by atoms with van der Waals surface area (Å²) in [5, 5.41) is 8.94. The third kappa shape index (κ3) is 3.51. The molecule has 3 N–H and O–H groups in total. The van der Waals surface area contributed by atoms with Crippen molar-refractivity contribution in [3.63, 3.8) is 0 Å². The number of rotatable bonds is 5. The lowest BCUT2D eigenvalue weighted by molar-refractivity contribution is -0.137. The number of nitrogen functional groups attached to an aromatic ring is 1. The molecule has 0 amide bonds. The summed E-state index contributed by atoms with van der Waals surface area (Å²) >= 11 is 0. The van der Waals surface area contributed by atoms with Crippen LogP contribution in [0, 0.1) is 0 Å². The predicted octanol–water partition coefficient (Wildman–Crippen LogP) is 2.06. The summed E-state index contributed by atoms with van der Waals surface area (Å²) in [4.78, 5) is 23.2. The highest BCUT2D eigenvalue weighted by Gasteiger charge is 2.16. The maximum absolute atomic E-state index is 12.2. The van der Waals surface area contributed by atoms with Gasteiger partial charge in [-0.15, -0.1) is 0 Å². The zero-order valence-corrected chi connectivity index (χ0v) is 11.8. The van der Waals surface area contributed by atoms with E-state index in [0.29, 0.717) is 6.42 Å². The van der Waals surface area contributed by atoms with Gasteiger partial charge in [0.1, 0.15) is 0 Å². The van der Waals surface area contributed by atoms with Gasteiger partial charge in [-0.25, -0.2) is 0 Å². The van der Waals surface area contributed by atoms with E-state index in [9.17, 15) is 9.59 Å². The minimum Gasteiger partial charge on any atom is -0.481 e. The molecule has 0 fully saturated rings. The number of aliphatic carboxylic acids is 1. The highest BCUT2D eigenvalue weighted by molar-refractivity contribution is 5.67. The second-order valence-electron chi connectivity index (χ2n) is 5.06. The van der Waals surface area contributed by atoms with Crippen LogP contribution in [0.5, 0.6) is 0 Å². The van der Waals surface area contributed by atoms with Crippen molar-refractivity contribution in [2.75, 3.05) is 5.73 Å². The number of benzene rings is 1. The van der Waals surface area contributed by atoms with Crippen molar-refractivity contribution in [1.29, 1.82) is 0 Å². The molecule has 21 heavy (non-hydrogen) atoms. The van der Waals surface area contributed by atoms with Crippen molar-refractivity contribution >= 4 is 11.7 Å². The predicted molar refractivity (Wildman–Crippen MR) is 81.3 cm³/mol. The van der Waals surface area contributed by atoms with E-state index in [1.165, 1.54) is 4.57 Å². The normalized spacial score (nSPS) is 12.0. The fourth-order valence-electron chi connectivity index (χ4n) is 2.38. The number of carboxylic acid groups (broad SMARTS) is 1. The molecular formula is C16H18N2O3. The van der Waals surface area contributed by atoms with Gasteiger partial charge in [0, 0.05) is 18.2 Å². The molecule has 2 rings (SSSR count). The van der Waals surface area contributed by atoms with E-state index in [1.807, 2.05) is 30.3 Å². The summed E-state index contributed by atoms with van der Waals surface area (Å²) in [6.45, 7) is 1.71. The lowest BCUT2D eigenvalue weighted by Gasteiger charge is -2.19. The Morgan fingerprint density at radius 1 is 1.24 bits per heavy atom. The van der Waals surface area contributed by atoms with Gasteiger partial charge in [-0.3, -0.25) is 9.59 Å². The molecular weight excluding hydrogens is 268 g/mol. The summed E-state index contributed by atoms with van der Waals surface area (Å²) in [6.07, 6.45) is 0.436. The SMILES string of the molecule is C[C@@H](CC(=O)O)n1c(Cc2ccccc2)ccc(N)c1=O. The maximum atomic E-state index is 12.2. The van der Waals surface area contributed by atoms with Crippen LogP contribution in [0.4, 0.5) is 5.69 Å². The number of nitrogens with two attached hydrogens (primary N) is 1. The Morgan fingerprint density at radius 2 is 1.90 bits per heavy atom. The molecule has 0 aliphatic heterocycles. The zero-order valence-electron chi connectivity index (χ0n) is 11.8. The minimum atomic E-state index is -0.942. The molecule has 0 radical (unpaired) electrons. The molecule has 0 unspecified atom stereocenters. The fourth-order valence-corrected chi connectivity index (χ4v) is 2.38. The maximum Gasteiger partial charge on any atom is 0.305 e. The third-order valence-electron chi connectivity index (χ3n) is 3.37. The topological polar surface area (TPSA) is 85.3 Å². The Morgan fingerprint density at radius 3 is 2.52 bits per heavy atom. The molecule has 0 spiro atoms. The Balaban J connectivity index is 2.43. The van der Waals surface area contributed by atoms with Gasteiger partial charge in [-0.2, -0.15) is 0 Å². The lowest BCUT2D eigenvalue weighted by Crippen LogP contribution is -2.29. The smallest absolute Gasteiger partial charge is 0.305 e. The number of carboxylic acids is 1. The summed E-state index contributed by atoms with van der Waals surface area (Å²) in [5.41, 5.74) is 7.28. The molecule has 5 heteroatoms. The zero-order chi connectivity index (χ0) is 15.4. The van der Waals surface area contributed by atoms with E-state index in [1.54, 1.807) is 19.1 Å². The van der Waals surface area contributed by atoms with Crippen LogP contribution in [-0.2, 0) is 11.2 Å². The van der Waals surface area contributed by atoms with Crippen LogP contribution in [-0.4, -0.2) is 15.6 Å². The number of hydrogen-bond donors (Lipinski definition) is 2. The molecule has 1 atom stereocenters. The Hall–Kier alpha value is -2.56. The van der Waals surface area contributed by atoms with E-state index < -0.39 is 12.0 Å². The van der Waals surface area contributed by atoms with E-state index in [0.717, 1.165) is 11.3 Å². The first-order valence-corrected chi connectivity index (χ1v) is 6.74. The second kappa shape index (κ2) is 6.26. The van der Waals surface area contributed by atoms with Crippen molar-refractivity contribution in [3.8, 4) is 0 Å². The summed E-state index contributed by atoms with van der Waals surface area (Å²) < 4.78 is 1.48. The largest absolute Gasteiger partial charge is 0.481 e. The van der Waals surface area contributed by atoms with Crippen LogP contribution in [0.25, 0.3) is 0 Å². The molecule has 0 aliphatic carbocycles. The van der Waals surface area contributed by atoms with Crippen molar-refractivity contribution in [2.45, 2.75) is 25.8 Å². The van der Waals surface area contributed by atoms with E-state index >= 15 is 0 Å².